The molecule has 7 nitrogen and oxygen atoms in total. The normalized spacial score (nSPS) is 12.7. The van der Waals surface area contributed by atoms with Crippen LogP contribution in [0.15, 0.2) is 28.1 Å². The number of rotatable bonds is 9. The van der Waals surface area contributed by atoms with Gasteiger partial charge in [-0.15, -0.1) is 0 Å². The zero-order valence-corrected chi connectivity index (χ0v) is 23.0. The molecule has 198 valence electrons. The van der Waals surface area contributed by atoms with Gasteiger partial charge in [-0.25, -0.2) is 4.98 Å². The lowest BCUT2D eigenvalue weighted by atomic mass is 9.97. The van der Waals surface area contributed by atoms with Gasteiger partial charge in [0.25, 0.3) is 0 Å². The average Bonchev–Trinajstić information content (AvgIpc) is 3.09. The Labute approximate surface area is 220 Å². The highest BCUT2D eigenvalue weighted by Crippen LogP contribution is 2.33. The lowest BCUT2D eigenvalue weighted by molar-refractivity contribution is -0.159. The summed E-state index contributed by atoms with van der Waals surface area (Å²) in [6.45, 7) is 7.77. The quantitative estimate of drug-likeness (QED) is 0.353. The van der Waals surface area contributed by atoms with E-state index in [0.717, 1.165) is 12.1 Å². The van der Waals surface area contributed by atoms with Gasteiger partial charge in [-0.05, 0) is 60.8 Å². The maximum atomic E-state index is 13.0. The number of nitrogens with zero attached hydrogens (tertiary/aromatic N) is 2. The van der Waals surface area contributed by atoms with E-state index in [1.807, 2.05) is 0 Å². The molecule has 0 aliphatic rings. The average molecular weight is 593 g/mol. The molecule has 36 heavy (non-hydrogen) atoms. The summed E-state index contributed by atoms with van der Waals surface area (Å²) in [6, 6.07) is 4.53. The van der Waals surface area contributed by atoms with Gasteiger partial charge in [0, 0.05) is 26.8 Å². The first-order valence-corrected chi connectivity index (χ1v) is 12.6. The van der Waals surface area contributed by atoms with Crippen LogP contribution in [0.5, 0.6) is 0 Å². The molecule has 1 amide bonds. The van der Waals surface area contributed by atoms with Crippen molar-refractivity contribution in [2.24, 2.45) is 5.92 Å². The fourth-order valence-corrected chi connectivity index (χ4v) is 4.78. The van der Waals surface area contributed by atoms with Crippen LogP contribution in [0.3, 0.4) is 0 Å². The van der Waals surface area contributed by atoms with E-state index in [2.05, 4.69) is 20.9 Å². The van der Waals surface area contributed by atoms with Crippen molar-refractivity contribution >= 4 is 50.2 Å². The summed E-state index contributed by atoms with van der Waals surface area (Å²) in [4.78, 5) is 42.4. The molecule has 0 N–H and O–H groups in total. The van der Waals surface area contributed by atoms with Gasteiger partial charge in [-0.2, -0.15) is 13.2 Å². The van der Waals surface area contributed by atoms with Crippen LogP contribution < -0.4 is 4.90 Å². The summed E-state index contributed by atoms with van der Waals surface area (Å²) in [6.07, 6.45) is -4.09. The van der Waals surface area contributed by atoms with Gasteiger partial charge < -0.3 is 9.47 Å². The second-order valence-electron chi connectivity index (χ2n) is 9.07. The molecule has 1 aromatic heterocycles. The molecule has 0 aliphatic carbocycles. The van der Waals surface area contributed by atoms with E-state index in [1.54, 1.807) is 20.8 Å². The molecular formula is C24H28BrF3N2O5S. The van der Waals surface area contributed by atoms with Crippen LogP contribution in [0.4, 0.5) is 18.3 Å². The fourth-order valence-electron chi connectivity index (χ4n) is 3.17. The van der Waals surface area contributed by atoms with Gasteiger partial charge in [0.2, 0.25) is 5.91 Å². The maximum absolute atomic E-state index is 13.0. The van der Waals surface area contributed by atoms with E-state index >= 15 is 0 Å². The topological polar surface area (TPSA) is 85.8 Å². The van der Waals surface area contributed by atoms with E-state index < -0.39 is 35.2 Å². The van der Waals surface area contributed by atoms with Crippen LogP contribution in [-0.2, 0) is 42.9 Å². The number of halogens is 4. The molecule has 0 spiro atoms. The molecule has 0 radical (unpaired) electrons. The largest absolute Gasteiger partial charge is 0.465 e. The monoisotopic (exact) mass is 592 g/mol. The molecule has 0 saturated heterocycles. The Morgan fingerprint density at radius 3 is 2.22 bits per heavy atom. The lowest BCUT2D eigenvalue weighted by Crippen LogP contribution is -2.40. The number of amides is 1. The Bertz CT molecular complexity index is 1080. The van der Waals surface area contributed by atoms with Crippen molar-refractivity contribution in [3.05, 3.63) is 44.9 Å². The van der Waals surface area contributed by atoms with Gasteiger partial charge >= 0.3 is 18.1 Å². The highest BCUT2D eigenvalue weighted by Gasteiger charge is 2.32. The Balaban J connectivity index is 2.31. The van der Waals surface area contributed by atoms with E-state index in [9.17, 15) is 27.6 Å². The minimum atomic E-state index is -4.47. The van der Waals surface area contributed by atoms with E-state index in [-0.39, 0.29) is 25.5 Å². The standard InChI is InChI=1S/C24H28BrF3N2O5S/c1-14(31)30(22-29-19(20(25)36-22)10-11-34-15(2)32)13-17(21(33)35-23(3,4)5)12-16-6-8-18(9-7-16)24(26,27)28/h6-9,17H,10-13H2,1-5H3/t17-/m0/s1. The molecular weight excluding hydrogens is 565 g/mol. The molecule has 0 unspecified atom stereocenters. The number of thiazole rings is 1. The molecule has 1 heterocycles. The lowest BCUT2D eigenvalue weighted by Gasteiger charge is -2.27. The summed E-state index contributed by atoms with van der Waals surface area (Å²) < 4.78 is 50.0. The SMILES string of the molecule is CC(=O)OCCc1nc(N(C[C@H](Cc2ccc(C(F)(F)F)cc2)C(=O)OC(C)(C)C)C(C)=O)sc1Br. The Morgan fingerprint density at radius 2 is 1.72 bits per heavy atom. The van der Waals surface area contributed by atoms with Crippen LogP contribution in [-0.4, -0.2) is 41.6 Å². The number of alkyl halides is 3. The van der Waals surface area contributed by atoms with E-state index in [4.69, 9.17) is 9.47 Å². The van der Waals surface area contributed by atoms with Crippen molar-refractivity contribution < 1.29 is 37.0 Å². The first-order chi connectivity index (χ1) is 16.6. The maximum Gasteiger partial charge on any atom is 0.416 e. The molecule has 0 bridgehead atoms. The third-order valence-corrected chi connectivity index (χ3v) is 6.65. The highest BCUT2D eigenvalue weighted by atomic mass is 79.9. The van der Waals surface area contributed by atoms with Crippen LogP contribution in [0.2, 0.25) is 0 Å². The molecule has 0 aliphatic heterocycles. The van der Waals surface area contributed by atoms with Gasteiger partial charge in [0.15, 0.2) is 5.13 Å². The smallest absolute Gasteiger partial charge is 0.416 e. The van der Waals surface area contributed by atoms with Crippen molar-refractivity contribution in [1.29, 1.82) is 0 Å². The van der Waals surface area contributed by atoms with E-state index in [1.165, 1.54) is 42.2 Å². The number of carbonyl (C=O) groups excluding carboxylic acids is 3. The zero-order chi connectivity index (χ0) is 27.3. The minimum absolute atomic E-state index is 0.0582. The van der Waals surface area contributed by atoms with Gasteiger partial charge in [-0.1, -0.05) is 23.5 Å². The predicted octanol–water partition coefficient (Wildman–Crippen LogP) is 5.58. The van der Waals surface area contributed by atoms with Crippen LogP contribution in [0, 0.1) is 5.92 Å². The first-order valence-electron chi connectivity index (χ1n) is 11.0. The number of esters is 2. The van der Waals surface area contributed by atoms with Crippen LogP contribution in [0.1, 0.15) is 51.4 Å². The summed E-state index contributed by atoms with van der Waals surface area (Å²) >= 11 is 4.59. The number of aromatic nitrogens is 1. The van der Waals surface area contributed by atoms with Crippen molar-refractivity contribution in [3.8, 4) is 0 Å². The number of carbonyl (C=O) groups is 3. The molecule has 2 rings (SSSR count). The minimum Gasteiger partial charge on any atom is -0.465 e. The van der Waals surface area contributed by atoms with Gasteiger partial charge in [0.05, 0.1) is 27.6 Å². The Morgan fingerprint density at radius 1 is 1.11 bits per heavy atom. The second-order valence-corrected chi connectivity index (χ2v) is 11.4. The van der Waals surface area contributed by atoms with Crippen LogP contribution in [0.25, 0.3) is 0 Å². The van der Waals surface area contributed by atoms with Crippen molar-refractivity contribution in [2.75, 3.05) is 18.1 Å². The molecule has 1 atom stereocenters. The Kier molecular flexibility index (Phi) is 10.1. The fraction of sp³-hybridized carbons (Fsp3) is 0.500. The molecule has 1 aromatic carbocycles. The number of hydrogen-bond acceptors (Lipinski definition) is 7. The van der Waals surface area contributed by atoms with Crippen molar-refractivity contribution in [3.63, 3.8) is 0 Å². The number of ether oxygens (including phenoxy) is 2. The molecule has 0 saturated carbocycles. The summed E-state index contributed by atoms with van der Waals surface area (Å²) in [7, 11) is 0. The van der Waals surface area contributed by atoms with Gasteiger partial charge in [-0.3, -0.25) is 19.3 Å². The second kappa shape index (κ2) is 12.2. The molecule has 0 fully saturated rings. The first kappa shape index (κ1) is 29.8. The van der Waals surface area contributed by atoms with Crippen molar-refractivity contribution in [1.82, 2.24) is 4.98 Å². The third kappa shape index (κ3) is 9.20. The van der Waals surface area contributed by atoms with Gasteiger partial charge in [0.1, 0.15) is 5.60 Å². The highest BCUT2D eigenvalue weighted by molar-refractivity contribution is 9.11. The zero-order valence-electron chi connectivity index (χ0n) is 20.6. The summed E-state index contributed by atoms with van der Waals surface area (Å²) in [5.41, 5.74) is -0.520. The number of hydrogen-bond donors (Lipinski definition) is 0. The molecule has 12 heteroatoms. The summed E-state index contributed by atoms with van der Waals surface area (Å²) in [5.74, 6) is -2.24. The van der Waals surface area contributed by atoms with Crippen LogP contribution >= 0.6 is 27.3 Å². The van der Waals surface area contributed by atoms with E-state index in [0.29, 0.717) is 26.6 Å². The third-order valence-electron chi connectivity index (χ3n) is 4.80. The summed E-state index contributed by atoms with van der Waals surface area (Å²) in [5, 5.41) is 0.327. The number of anilines is 1. The Hall–Kier alpha value is -2.47. The number of benzene rings is 1. The van der Waals surface area contributed by atoms with Crippen molar-refractivity contribution in [2.45, 2.75) is 59.2 Å². The molecule has 2 aromatic rings. The predicted molar refractivity (Wildman–Crippen MR) is 133 cm³/mol.